The first-order valence-electron chi connectivity index (χ1n) is 4.61. The van der Waals surface area contributed by atoms with Crippen LogP contribution in [0.15, 0.2) is 35.4 Å². The SMILES string of the molecule is O=S(=O)(O)c1cccc(OCc2cn[nH]n2)c1. The number of nitrogens with zero attached hydrogens (tertiary/aromatic N) is 2. The van der Waals surface area contributed by atoms with Crippen molar-refractivity contribution >= 4 is 10.1 Å². The Bertz CT molecular complexity index is 594. The molecule has 0 aliphatic carbocycles. The lowest BCUT2D eigenvalue weighted by Gasteiger charge is -2.04. The van der Waals surface area contributed by atoms with Gasteiger partial charge in [-0.1, -0.05) is 6.07 Å². The smallest absolute Gasteiger partial charge is 0.294 e. The van der Waals surface area contributed by atoms with Crippen molar-refractivity contribution in [3.63, 3.8) is 0 Å². The van der Waals surface area contributed by atoms with Gasteiger partial charge in [0, 0.05) is 6.07 Å². The summed E-state index contributed by atoms with van der Waals surface area (Å²) in [6.45, 7) is 0.158. The van der Waals surface area contributed by atoms with E-state index < -0.39 is 10.1 Å². The van der Waals surface area contributed by atoms with Crippen molar-refractivity contribution < 1.29 is 17.7 Å². The number of nitrogens with one attached hydrogen (secondary N) is 1. The van der Waals surface area contributed by atoms with Crippen LogP contribution in [0.1, 0.15) is 5.69 Å². The Hall–Kier alpha value is -1.93. The Morgan fingerprint density at radius 2 is 2.24 bits per heavy atom. The van der Waals surface area contributed by atoms with E-state index in [-0.39, 0.29) is 11.5 Å². The van der Waals surface area contributed by atoms with Crippen molar-refractivity contribution in [3.05, 3.63) is 36.2 Å². The van der Waals surface area contributed by atoms with Gasteiger partial charge in [-0.15, -0.1) is 0 Å². The number of aromatic nitrogens is 3. The Labute approximate surface area is 97.2 Å². The van der Waals surface area contributed by atoms with Gasteiger partial charge in [-0.25, -0.2) is 0 Å². The molecular weight excluding hydrogens is 246 g/mol. The molecule has 0 saturated carbocycles. The molecule has 0 bridgehead atoms. The van der Waals surface area contributed by atoms with Gasteiger partial charge in [0.1, 0.15) is 18.1 Å². The van der Waals surface area contributed by atoms with E-state index in [1.54, 1.807) is 6.07 Å². The van der Waals surface area contributed by atoms with Crippen molar-refractivity contribution in [2.45, 2.75) is 11.5 Å². The first-order chi connectivity index (χ1) is 8.05. The average Bonchev–Trinajstić information content (AvgIpc) is 2.78. The molecule has 1 aromatic carbocycles. The zero-order valence-electron chi connectivity index (χ0n) is 8.57. The quantitative estimate of drug-likeness (QED) is 0.776. The number of H-pyrrole nitrogens is 1. The number of ether oxygens (including phenoxy) is 1. The first-order valence-corrected chi connectivity index (χ1v) is 6.05. The molecule has 0 spiro atoms. The lowest BCUT2D eigenvalue weighted by Crippen LogP contribution is -2.00. The fourth-order valence-electron chi connectivity index (χ4n) is 1.18. The van der Waals surface area contributed by atoms with Gasteiger partial charge in [0.15, 0.2) is 0 Å². The van der Waals surface area contributed by atoms with Gasteiger partial charge in [-0.2, -0.15) is 23.8 Å². The Morgan fingerprint density at radius 1 is 1.41 bits per heavy atom. The van der Waals surface area contributed by atoms with Crippen molar-refractivity contribution in [2.75, 3.05) is 0 Å². The van der Waals surface area contributed by atoms with Crippen molar-refractivity contribution in [3.8, 4) is 5.75 Å². The summed E-state index contributed by atoms with van der Waals surface area (Å²) in [6.07, 6.45) is 1.49. The molecule has 1 aromatic heterocycles. The second-order valence-electron chi connectivity index (χ2n) is 3.20. The van der Waals surface area contributed by atoms with E-state index in [0.29, 0.717) is 11.4 Å². The van der Waals surface area contributed by atoms with Crippen molar-refractivity contribution in [1.29, 1.82) is 0 Å². The molecule has 0 saturated heterocycles. The van der Waals surface area contributed by atoms with Gasteiger partial charge < -0.3 is 4.74 Å². The summed E-state index contributed by atoms with van der Waals surface area (Å²) in [5, 5.41) is 9.80. The van der Waals surface area contributed by atoms with Gasteiger partial charge in [-0.05, 0) is 12.1 Å². The summed E-state index contributed by atoms with van der Waals surface area (Å²) in [6, 6.07) is 5.56. The van der Waals surface area contributed by atoms with Crippen LogP contribution in [0, 0.1) is 0 Å². The minimum atomic E-state index is -4.21. The van der Waals surface area contributed by atoms with Crippen LogP contribution in [0.25, 0.3) is 0 Å². The molecule has 0 radical (unpaired) electrons. The van der Waals surface area contributed by atoms with E-state index in [1.165, 1.54) is 24.4 Å². The maximum Gasteiger partial charge on any atom is 0.294 e. The molecule has 0 amide bonds. The highest BCUT2D eigenvalue weighted by molar-refractivity contribution is 7.85. The summed E-state index contributed by atoms with van der Waals surface area (Å²) in [4.78, 5) is -0.213. The van der Waals surface area contributed by atoms with E-state index in [9.17, 15) is 8.42 Å². The van der Waals surface area contributed by atoms with Crippen molar-refractivity contribution in [1.82, 2.24) is 15.4 Å². The lowest BCUT2D eigenvalue weighted by atomic mass is 10.3. The standard InChI is InChI=1S/C9H9N3O4S/c13-17(14,15)9-3-1-2-8(4-9)16-6-7-5-10-12-11-7/h1-5H,6H2,(H,10,11,12)(H,13,14,15). The van der Waals surface area contributed by atoms with Gasteiger partial charge in [0.25, 0.3) is 10.1 Å². The highest BCUT2D eigenvalue weighted by Crippen LogP contribution is 2.17. The second-order valence-corrected chi connectivity index (χ2v) is 4.62. The molecule has 2 rings (SSSR count). The average molecular weight is 255 g/mol. The summed E-state index contributed by atoms with van der Waals surface area (Å²) in [7, 11) is -4.21. The molecule has 8 heteroatoms. The van der Waals surface area contributed by atoms with E-state index in [1.807, 2.05) is 0 Å². The normalized spacial score (nSPS) is 11.4. The van der Waals surface area contributed by atoms with E-state index in [4.69, 9.17) is 9.29 Å². The van der Waals surface area contributed by atoms with Crippen LogP contribution >= 0.6 is 0 Å². The summed E-state index contributed by atoms with van der Waals surface area (Å²) in [5.41, 5.74) is 0.585. The minimum Gasteiger partial charge on any atom is -0.487 e. The van der Waals surface area contributed by atoms with Gasteiger partial charge >= 0.3 is 0 Å². The van der Waals surface area contributed by atoms with Gasteiger partial charge in [0.2, 0.25) is 0 Å². The third-order valence-electron chi connectivity index (χ3n) is 1.95. The van der Waals surface area contributed by atoms with Crippen LogP contribution in [-0.4, -0.2) is 28.4 Å². The topological polar surface area (TPSA) is 105 Å². The largest absolute Gasteiger partial charge is 0.487 e. The zero-order chi connectivity index (χ0) is 12.3. The molecular formula is C9H9N3O4S. The van der Waals surface area contributed by atoms with Gasteiger partial charge in [-0.3, -0.25) is 4.55 Å². The molecule has 0 aliphatic rings. The second kappa shape index (κ2) is 4.52. The number of hydrogen-bond donors (Lipinski definition) is 2. The lowest BCUT2D eigenvalue weighted by molar-refractivity contribution is 0.300. The molecule has 0 atom stereocenters. The van der Waals surface area contributed by atoms with Crippen LogP contribution in [0.4, 0.5) is 0 Å². The molecule has 7 nitrogen and oxygen atoms in total. The highest BCUT2D eigenvalue weighted by Gasteiger charge is 2.10. The summed E-state index contributed by atoms with van der Waals surface area (Å²) in [5.74, 6) is 0.322. The highest BCUT2D eigenvalue weighted by atomic mass is 32.2. The molecule has 90 valence electrons. The maximum absolute atomic E-state index is 10.9. The predicted molar refractivity (Wildman–Crippen MR) is 57.0 cm³/mol. The predicted octanol–water partition coefficient (Wildman–Crippen LogP) is 0.630. The summed E-state index contributed by atoms with van der Waals surface area (Å²) < 4.78 is 35.9. The van der Waals surface area contributed by atoms with Crippen LogP contribution in [0.3, 0.4) is 0 Å². The van der Waals surface area contributed by atoms with Gasteiger partial charge in [0.05, 0.1) is 11.1 Å². The molecule has 2 N–H and O–H groups in total. The Balaban J connectivity index is 2.12. The molecule has 0 unspecified atom stereocenters. The van der Waals surface area contributed by atoms with Crippen LogP contribution in [0.5, 0.6) is 5.75 Å². The maximum atomic E-state index is 10.9. The van der Waals surface area contributed by atoms with Crippen molar-refractivity contribution in [2.24, 2.45) is 0 Å². The zero-order valence-corrected chi connectivity index (χ0v) is 9.38. The molecule has 17 heavy (non-hydrogen) atoms. The number of benzene rings is 1. The van der Waals surface area contributed by atoms with E-state index >= 15 is 0 Å². The molecule has 0 fully saturated rings. The Kier molecular flexibility index (Phi) is 3.07. The number of rotatable bonds is 4. The Morgan fingerprint density at radius 3 is 2.88 bits per heavy atom. The molecule has 0 aliphatic heterocycles. The van der Waals surface area contributed by atoms with Crippen LogP contribution in [-0.2, 0) is 16.7 Å². The third-order valence-corrected chi connectivity index (χ3v) is 2.80. The third kappa shape index (κ3) is 3.02. The number of aromatic amines is 1. The minimum absolute atomic E-state index is 0.158. The van der Waals surface area contributed by atoms with Crippen LogP contribution in [0.2, 0.25) is 0 Å². The fourth-order valence-corrected chi connectivity index (χ4v) is 1.69. The monoisotopic (exact) mass is 255 g/mol. The van der Waals surface area contributed by atoms with Crippen LogP contribution < -0.4 is 4.74 Å². The van der Waals surface area contributed by atoms with E-state index in [2.05, 4.69) is 15.4 Å². The fraction of sp³-hybridized carbons (Fsp3) is 0.111. The molecule has 1 heterocycles. The van der Waals surface area contributed by atoms with E-state index in [0.717, 1.165) is 0 Å². The molecule has 2 aromatic rings. The summed E-state index contributed by atoms with van der Waals surface area (Å²) >= 11 is 0. The first kappa shape index (κ1) is 11.6. The number of hydrogen-bond acceptors (Lipinski definition) is 5.